The number of aromatic nitrogens is 4. The van der Waals surface area contributed by atoms with Crippen molar-refractivity contribution in [2.75, 3.05) is 12.3 Å². The summed E-state index contributed by atoms with van der Waals surface area (Å²) in [5.74, 6) is -0.368. The highest BCUT2D eigenvalue weighted by Gasteiger charge is 2.28. The van der Waals surface area contributed by atoms with Crippen LogP contribution in [0.25, 0.3) is 0 Å². The molecule has 1 aromatic heterocycles. The molecule has 1 aromatic rings. The highest BCUT2D eigenvalue weighted by Crippen LogP contribution is 2.26. The quantitative estimate of drug-likeness (QED) is 0.677. The Morgan fingerprint density at radius 1 is 1.58 bits per heavy atom. The average Bonchev–Trinajstić information content (AvgIpc) is 3.05. The van der Waals surface area contributed by atoms with Crippen molar-refractivity contribution >= 4 is 17.7 Å². The molecule has 0 radical (unpaired) electrons. The van der Waals surface area contributed by atoms with Crippen molar-refractivity contribution in [2.45, 2.75) is 44.4 Å². The van der Waals surface area contributed by atoms with Gasteiger partial charge in [-0.25, -0.2) is 4.68 Å². The van der Waals surface area contributed by atoms with Gasteiger partial charge in [-0.05, 0) is 37.1 Å². The molecule has 0 amide bonds. The molecule has 0 saturated heterocycles. The van der Waals surface area contributed by atoms with E-state index in [4.69, 9.17) is 5.11 Å². The van der Waals surface area contributed by atoms with Gasteiger partial charge in [0.15, 0.2) is 0 Å². The molecule has 0 aromatic carbocycles. The number of rotatable bonds is 8. The maximum Gasteiger partial charge on any atom is 0.309 e. The molecular formula is C11H19N5O2S. The topological polar surface area (TPSA) is 92.9 Å². The molecule has 1 heterocycles. The number of nitrogens with one attached hydrogen (secondary N) is 1. The molecule has 7 nitrogen and oxygen atoms in total. The standard InChI is InChI=1S/C11H19N5O2S/c1-11(2,9(17)18)7-19-10-13-14-15-16(10)6-5-12-8-3-4-8/h8,12H,3-7H2,1-2H3,(H,17,18). The SMILES string of the molecule is CC(C)(CSc1nnnn1CCNC1CC1)C(=O)O. The van der Waals surface area contributed by atoms with E-state index in [1.54, 1.807) is 18.5 Å². The molecule has 106 valence electrons. The number of carboxylic acids is 1. The van der Waals surface area contributed by atoms with Crippen LogP contribution in [0.15, 0.2) is 5.16 Å². The van der Waals surface area contributed by atoms with E-state index < -0.39 is 11.4 Å². The van der Waals surface area contributed by atoms with Crippen LogP contribution in [-0.4, -0.2) is 49.6 Å². The summed E-state index contributed by atoms with van der Waals surface area (Å²) >= 11 is 1.38. The Morgan fingerprint density at radius 2 is 2.32 bits per heavy atom. The van der Waals surface area contributed by atoms with Crippen molar-refractivity contribution in [3.05, 3.63) is 0 Å². The second-order valence-electron chi connectivity index (χ2n) is 5.39. The summed E-state index contributed by atoms with van der Waals surface area (Å²) < 4.78 is 1.72. The van der Waals surface area contributed by atoms with E-state index in [0.717, 1.165) is 6.54 Å². The molecule has 2 rings (SSSR count). The maximum absolute atomic E-state index is 11.0. The van der Waals surface area contributed by atoms with Crippen LogP contribution in [0.1, 0.15) is 26.7 Å². The van der Waals surface area contributed by atoms with Gasteiger partial charge in [0.25, 0.3) is 0 Å². The maximum atomic E-state index is 11.0. The van der Waals surface area contributed by atoms with Crippen molar-refractivity contribution < 1.29 is 9.90 Å². The lowest BCUT2D eigenvalue weighted by Gasteiger charge is -2.17. The number of aliphatic carboxylic acids is 1. The monoisotopic (exact) mass is 285 g/mol. The molecule has 19 heavy (non-hydrogen) atoms. The fraction of sp³-hybridized carbons (Fsp3) is 0.818. The van der Waals surface area contributed by atoms with Gasteiger partial charge in [0, 0.05) is 18.3 Å². The fourth-order valence-electron chi connectivity index (χ4n) is 1.41. The lowest BCUT2D eigenvalue weighted by molar-refractivity contribution is -0.145. The lowest BCUT2D eigenvalue weighted by Crippen LogP contribution is -2.26. The minimum absolute atomic E-state index is 0.443. The summed E-state index contributed by atoms with van der Waals surface area (Å²) in [5, 5.41) is 24.6. The van der Waals surface area contributed by atoms with Crippen LogP contribution in [0.5, 0.6) is 0 Å². The molecule has 1 fully saturated rings. The van der Waals surface area contributed by atoms with Crippen LogP contribution < -0.4 is 5.32 Å². The van der Waals surface area contributed by atoms with Gasteiger partial charge in [-0.1, -0.05) is 11.8 Å². The molecule has 1 aliphatic carbocycles. The van der Waals surface area contributed by atoms with Crippen molar-refractivity contribution in [3.63, 3.8) is 0 Å². The van der Waals surface area contributed by atoms with Crippen LogP contribution in [0.2, 0.25) is 0 Å². The molecule has 0 bridgehead atoms. The number of nitrogens with zero attached hydrogens (tertiary/aromatic N) is 4. The van der Waals surface area contributed by atoms with E-state index >= 15 is 0 Å². The smallest absolute Gasteiger partial charge is 0.309 e. The van der Waals surface area contributed by atoms with Crippen molar-refractivity contribution in [1.29, 1.82) is 0 Å². The average molecular weight is 285 g/mol. The highest BCUT2D eigenvalue weighted by molar-refractivity contribution is 7.99. The third-order valence-corrected chi connectivity index (χ3v) is 4.39. The van der Waals surface area contributed by atoms with Crippen molar-refractivity contribution in [2.24, 2.45) is 5.41 Å². The third kappa shape index (κ3) is 4.17. The summed E-state index contributed by atoms with van der Waals surface area (Å²) in [6.45, 7) is 4.95. The lowest BCUT2D eigenvalue weighted by atomic mass is 9.97. The third-order valence-electron chi connectivity index (χ3n) is 2.97. The second kappa shape index (κ2) is 5.87. The Kier molecular flexibility index (Phi) is 4.41. The molecular weight excluding hydrogens is 266 g/mol. The Bertz CT molecular complexity index is 444. The second-order valence-corrected chi connectivity index (χ2v) is 6.33. The number of carboxylic acid groups (broad SMARTS) is 1. The first kappa shape index (κ1) is 14.3. The van der Waals surface area contributed by atoms with Crippen LogP contribution in [0.3, 0.4) is 0 Å². The van der Waals surface area contributed by atoms with Crippen LogP contribution in [-0.2, 0) is 11.3 Å². The van der Waals surface area contributed by atoms with Crippen molar-refractivity contribution in [3.8, 4) is 0 Å². The summed E-state index contributed by atoms with van der Waals surface area (Å²) in [7, 11) is 0. The van der Waals surface area contributed by atoms with Crippen LogP contribution in [0.4, 0.5) is 0 Å². The normalized spacial score (nSPS) is 15.7. The zero-order valence-electron chi connectivity index (χ0n) is 11.2. The Morgan fingerprint density at radius 3 is 2.95 bits per heavy atom. The van der Waals surface area contributed by atoms with Gasteiger partial charge in [-0.3, -0.25) is 4.79 Å². The predicted octanol–water partition coefficient (Wildman–Crippen LogP) is 0.628. The van der Waals surface area contributed by atoms with E-state index in [1.165, 1.54) is 24.6 Å². The molecule has 1 saturated carbocycles. The zero-order valence-corrected chi connectivity index (χ0v) is 12.0. The molecule has 0 spiro atoms. The molecule has 2 N–H and O–H groups in total. The zero-order chi connectivity index (χ0) is 13.9. The largest absolute Gasteiger partial charge is 0.481 e. The van der Waals surface area contributed by atoms with E-state index in [1.807, 2.05) is 0 Å². The summed E-state index contributed by atoms with van der Waals surface area (Å²) in [5.41, 5.74) is -0.784. The number of thioether (sulfide) groups is 1. The predicted molar refractivity (Wildman–Crippen MR) is 71.0 cm³/mol. The molecule has 8 heteroatoms. The first-order valence-corrected chi connectivity index (χ1v) is 7.33. The van der Waals surface area contributed by atoms with Crippen molar-refractivity contribution in [1.82, 2.24) is 25.5 Å². The molecule has 0 aliphatic heterocycles. The summed E-state index contributed by atoms with van der Waals surface area (Å²) in [4.78, 5) is 11.0. The molecule has 0 unspecified atom stereocenters. The van der Waals surface area contributed by atoms with Gasteiger partial charge in [0.2, 0.25) is 5.16 Å². The Labute approximate surface area is 116 Å². The fourth-order valence-corrected chi connectivity index (χ4v) is 2.39. The van der Waals surface area contributed by atoms with Gasteiger partial charge in [-0.15, -0.1) is 5.10 Å². The van der Waals surface area contributed by atoms with Crippen LogP contribution >= 0.6 is 11.8 Å². The highest BCUT2D eigenvalue weighted by atomic mass is 32.2. The summed E-state index contributed by atoms with van der Waals surface area (Å²) in [6, 6.07) is 0.665. The minimum Gasteiger partial charge on any atom is -0.481 e. The van der Waals surface area contributed by atoms with Gasteiger partial charge >= 0.3 is 5.97 Å². The van der Waals surface area contributed by atoms with E-state index in [2.05, 4.69) is 20.8 Å². The number of carbonyl (C=O) groups is 1. The van der Waals surface area contributed by atoms with Gasteiger partial charge in [-0.2, -0.15) is 0 Å². The van der Waals surface area contributed by atoms with Gasteiger partial charge in [0.05, 0.1) is 12.0 Å². The Balaban J connectivity index is 1.82. The van der Waals surface area contributed by atoms with Crippen LogP contribution in [0, 0.1) is 5.41 Å². The first-order valence-electron chi connectivity index (χ1n) is 6.35. The Hall–Kier alpha value is -1.15. The number of tetrazole rings is 1. The first-order chi connectivity index (χ1) is 8.99. The van der Waals surface area contributed by atoms with E-state index in [-0.39, 0.29) is 0 Å². The van der Waals surface area contributed by atoms with E-state index in [9.17, 15) is 4.79 Å². The van der Waals surface area contributed by atoms with E-state index in [0.29, 0.717) is 23.5 Å². The van der Waals surface area contributed by atoms with Gasteiger partial charge < -0.3 is 10.4 Å². The number of hydrogen-bond donors (Lipinski definition) is 2. The number of hydrogen-bond acceptors (Lipinski definition) is 6. The minimum atomic E-state index is -0.811. The summed E-state index contributed by atoms with van der Waals surface area (Å²) in [6.07, 6.45) is 2.51. The molecule has 1 aliphatic rings. The molecule has 0 atom stereocenters. The van der Waals surface area contributed by atoms with Gasteiger partial charge in [0.1, 0.15) is 0 Å².